The van der Waals surface area contributed by atoms with Crippen LogP contribution in [0.2, 0.25) is 0 Å². The first-order valence-electron chi connectivity index (χ1n) is 11.3. The molecule has 0 saturated carbocycles. The molecule has 1 saturated heterocycles. The number of rotatable bonds is 6. The molecule has 0 unspecified atom stereocenters. The van der Waals surface area contributed by atoms with Crippen LogP contribution in [0.3, 0.4) is 0 Å². The van der Waals surface area contributed by atoms with Crippen LogP contribution < -0.4 is 15.5 Å². The molecule has 9 nitrogen and oxygen atoms in total. The fourth-order valence-electron chi connectivity index (χ4n) is 4.09. The van der Waals surface area contributed by atoms with Crippen molar-refractivity contribution in [1.82, 2.24) is 9.97 Å². The molecule has 2 N–H and O–H groups in total. The maximum absolute atomic E-state index is 12.0. The maximum atomic E-state index is 12.0. The first kappa shape index (κ1) is 24.6. The molecule has 4 rings (SSSR count). The van der Waals surface area contributed by atoms with Crippen molar-refractivity contribution in [3.05, 3.63) is 54.9 Å². The fraction of sp³-hybridized carbons (Fsp3) is 0.320. The van der Waals surface area contributed by atoms with E-state index in [1.54, 1.807) is 36.5 Å². The van der Waals surface area contributed by atoms with Gasteiger partial charge in [0.25, 0.3) is 0 Å². The molecule has 1 aliphatic heterocycles. The summed E-state index contributed by atoms with van der Waals surface area (Å²) in [6.45, 7) is 7.11. The number of aromatic nitrogens is 2. The average molecular weight is 496 g/mol. The molecule has 0 bridgehead atoms. The predicted octanol–water partition coefficient (Wildman–Crippen LogP) is 3.86. The Bertz CT molecular complexity index is 1320. The second-order valence-electron chi connectivity index (χ2n) is 8.79. The summed E-state index contributed by atoms with van der Waals surface area (Å²) < 4.78 is 29.8. The Kier molecular flexibility index (Phi) is 7.04. The summed E-state index contributed by atoms with van der Waals surface area (Å²) >= 11 is 0. The lowest BCUT2D eigenvalue weighted by molar-refractivity contribution is -0.114. The van der Waals surface area contributed by atoms with Crippen molar-refractivity contribution in [3.8, 4) is 11.3 Å². The monoisotopic (exact) mass is 495 g/mol. The van der Waals surface area contributed by atoms with E-state index in [0.717, 1.165) is 18.8 Å². The van der Waals surface area contributed by atoms with Gasteiger partial charge in [-0.2, -0.15) is 0 Å². The molecule has 3 heterocycles. The molecule has 1 aromatic carbocycles. The number of nitrogens with one attached hydrogen (secondary N) is 2. The van der Waals surface area contributed by atoms with Gasteiger partial charge in [-0.15, -0.1) is 0 Å². The molecule has 2 aromatic heterocycles. The van der Waals surface area contributed by atoms with Crippen molar-refractivity contribution in [3.63, 3.8) is 0 Å². The van der Waals surface area contributed by atoms with Crippen LogP contribution in [-0.2, 0) is 19.4 Å². The van der Waals surface area contributed by atoms with E-state index < -0.39 is 9.84 Å². The number of hydrogen-bond acceptors (Lipinski definition) is 8. The van der Waals surface area contributed by atoms with Crippen LogP contribution in [-0.4, -0.2) is 55.8 Å². The number of ether oxygens (including phenoxy) is 1. The number of carbonyl (C=O) groups is 1. The van der Waals surface area contributed by atoms with E-state index in [-0.39, 0.29) is 23.0 Å². The summed E-state index contributed by atoms with van der Waals surface area (Å²) in [5.74, 6) is 0.127. The van der Waals surface area contributed by atoms with Crippen LogP contribution in [0.1, 0.15) is 20.8 Å². The zero-order chi connectivity index (χ0) is 25.2. The molecule has 35 heavy (non-hydrogen) atoms. The number of pyridine rings is 2. The number of hydrogen-bond donors (Lipinski definition) is 2. The maximum Gasteiger partial charge on any atom is 0.222 e. The third-order valence-corrected chi connectivity index (χ3v) is 6.67. The van der Waals surface area contributed by atoms with Crippen molar-refractivity contribution in [1.29, 1.82) is 0 Å². The highest BCUT2D eigenvalue weighted by Crippen LogP contribution is 2.32. The van der Waals surface area contributed by atoms with Gasteiger partial charge >= 0.3 is 0 Å². The van der Waals surface area contributed by atoms with Crippen molar-refractivity contribution in [2.45, 2.75) is 37.9 Å². The van der Waals surface area contributed by atoms with E-state index in [1.807, 2.05) is 18.3 Å². The fourth-order valence-corrected chi connectivity index (χ4v) is 4.76. The molecular formula is C25H29N5O4S. The third kappa shape index (κ3) is 6.14. The average Bonchev–Trinajstić information content (AvgIpc) is 2.78. The normalized spacial score (nSPS) is 18.2. The second kappa shape index (κ2) is 10.0. The molecule has 0 spiro atoms. The number of nitrogens with zero attached hydrogens (tertiary/aromatic N) is 3. The van der Waals surface area contributed by atoms with Gasteiger partial charge in [-0.3, -0.25) is 9.78 Å². The van der Waals surface area contributed by atoms with Crippen LogP contribution in [0.5, 0.6) is 0 Å². The number of anilines is 4. The Morgan fingerprint density at radius 1 is 1.06 bits per heavy atom. The minimum absolute atomic E-state index is 0.141. The quantitative estimate of drug-likeness (QED) is 0.530. The van der Waals surface area contributed by atoms with Gasteiger partial charge in [0, 0.05) is 49.8 Å². The van der Waals surface area contributed by atoms with Crippen LogP contribution in [0, 0.1) is 0 Å². The largest absolute Gasteiger partial charge is 0.372 e. The van der Waals surface area contributed by atoms with E-state index in [0.29, 0.717) is 28.5 Å². The summed E-state index contributed by atoms with van der Waals surface area (Å²) in [5.41, 5.74) is 3.62. The summed E-state index contributed by atoms with van der Waals surface area (Å²) in [6.07, 6.45) is 4.91. The Morgan fingerprint density at radius 3 is 2.43 bits per heavy atom. The predicted molar refractivity (Wildman–Crippen MR) is 137 cm³/mol. The number of benzene rings is 1. The minimum atomic E-state index is -3.36. The lowest BCUT2D eigenvalue weighted by Gasteiger charge is -2.36. The molecule has 1 fully saturated rings. The van der Waals surface area contributed by atoms with Crippen LogP contribution in [0.4, 0.5) is 22.9 Å². The Balaban J connectivity index is 1.67. The molecule has 10 heteroatoms. The highest BCUT2D eigenvalue weighted by molar-refractivity contribution is 7.90. The second-order valence-corrected chi connectivity index (χ2v) is 10.8. The van der Waals surface area contributed by atoms with Gasteiger partial charge in [0.1, 0.15) is 5.82 Å². The van der Waals surface area contributed by atoms with Crippen LogP contribution in [0.25, 0.3) is 11.3 Å². The number of amides is 1. The summed E-state index contributed by atoms with van der Waals surface area (Å²) in [6, 6.07) is 12.2. The Morgan fingerprint density at radius 2 is 1.80 bits per heavy atom. The number of morpholine rings is 1. The Labute approximate surface area is 205 Å². The molecule has 2 atom stereocenters. The number of carbonyl (C=O) groups excluding carboxylic acids is 1. The van der Waals surface area contributed by atoms with E-state index in [9.17, 15) is 13.2 Å². The van der Waals surface area contributed by atoms with Crippen LogP contribution >= 0.6 is 0 Å². The Hall–Kier alpha value is -3.50. The topological polar surface area (TPSA) is 114 Å². The lowest BCUT2D eigenvalue weighted by atomic mass is 10.1. The van der Waals surface area contributed by atoms with Gasteiger partial charge in [0.2, 0.25) is 5.91 Å². The molecule has 1 amide bonds. The first-order valence-corrected chi connectivity index (χ1v) is 13.2. The van der Waals surface area contributed by atoms with Crippen molar-refractivity contribution < 1.29 is 17.9 Å². The smallest absolute Gasteiger partial charge is 0.222 e. The van der Waals surface area contributed by atoms with Crippen molar-refractivity contribution >= 4 is 38.6 Å². The van der Waals surface area contributed by atoms with E-state index >= 15 is 0 Å². The van der Waals surface area contributed by atoms with Gasteiger partial charge in [-0.1, -0.05) is 6.07 Å². The highest BCUT2D eigenvalue weighted by Gasteiger charge is 2.22. The summed E-state index contributed by atoms with van der Waals surface area (Å²) in [4.78, 5) is 23.1. The van der Waals surface area contributed by atoms with Gasteiger partial charge < -0.3 is 20.3 Å². The van der Waals surface area contributed by atoms with Gasteiger partial charge in [-0.25, -0.2) is 13.4 Å². The van der Waals surface area contributed by atoms with Gasteiger partial charge in [0.15, 0.2) is 9.84 Å². The minimum Gasteiger partial charge on any atom is -0.372 e. The van der Waals surface area contributed by atoms with Gasteiger partial charge in [0.05, 0.1) is 40.4 Å². The van der Waals surface area contributed by atoms with E-state index in [1.165, 1.54) is 13.2 Å². The lowest BCUT2D eigenvalue weighted by Crippen LogP contribution is -2.45. The van der Waals surface area contributed by atoms with E-state index in [2.05, 4.69) is 39.3 Å². The molecular weight excluding hydrogens is 466 g/mol. The van der Waals surface area contributed by atoms with Crippen molar-refractivity contribution in [2.24, 2.45) is 0 Å². The standard InChI is InChI=1S/C25H29N5O4S/c1-16-14-30(15-17(2)34-16)20-8-9-23(26-12-20)22-13-27-25(28-18(3)31)11-24(22)29-19-6-5-7-21(10-19)35(4,32)33/h5-13,16-17H,14-15H2,1-4H3,(H2,27,28,29,31)/t16-,17+. The molecule has 184 valence electrons. The first-order chi connectivity index (χ1) is 16.6. The number of sulfone groups is 1. The molecule has 0 radical (unpaired) electrons. The van der Waals surface area contributed by atoms with E-state index in [4.69, 9.17) is 4.74 Å². The summed E-state index contributed by atoms with van der Waals surface area (Å²) in [5, 5.41) is 5.94. The zero-order valence-corrected chi connectivity index (χ0v) is 21.0. The molecule has 3 aromatic rings. The van der Waals surface area contributed by atoms with Crippen LogP contribution in [0.15, 0.2) is 59.8 Å². The third-order valence-electron chi connectivity index (χ3n) is 5.56. The SMILES string of the molecule is CC(=O)Nc1cc(Nc2cccc(S(C)(=O)=O)c2)c(-c2ccc(N3C[C@@H](C)O[C@@H](C)C3)cn2)cn1. The van der Waals surface area contributed by atoms with Crippen molar-refractivity contribution in [2.75, 3.05) is 34.9 Å². The molecule has 0 aliphatic carbocycles. The zero-order valence-electron chi connectivity index (χ0n) is 20.1. The van der Waals surface area contributed by atoms with Gasteiger partial charge in [-0.05, 0) is 44.2 Å². The molecule has 1 aliphatic rings. The summed E-state index contributed by atoms with van der Waals surface area (Å²) in [7, 11) is -3.36. The highest BCUT2D eigenvalue weighted by atomic mass is 32.2.